The maximum absolute atomic E-state index is 13.5. The first-order chi connectivity index (χ1) is 22.4. The Balaban J connectivity index is 1.24. The summed E-state index contributed by atoms with van der Waals surface area (Å²) >= 11 is 0. The third-order valence-corrected chi connectivity index (χ3v) is 13.0. The van der Waals surface area contributed by atoms with Crippen LogP contribution in [0.1, 0.15) is 84.1 Å². The molecule has 10 heteroatoms. The molecule has 1 aromatic rings. The SMILES string of the molecule is COc1ccc(OC)c(C2CC3C4CC=C5CC(OC6O[C@H](CO)[C@H](O)[C@H](O)[C@H]6NC(C)=O)CCC5(C)C4CCC3(C)C2C(C)=O)c1. The van der Waals surface area contributed by atoms with Gasteiger partial charge in [0.15, 0.2) is 6.29 Å². The summed E-state index contributed by atoms with van der Waals surface area (Å²) in [7, 11) is 3.36. The van der Waals surface area contributed by atoms with Crippen molar-refractivity contribution in [1.29, 1.82) is 0 Å². The molecule has 47 heavy (non-hydrogen) atoms. The number of hydrogen-bond acceptors (Lipinski definition) is 9. The van der Waals surface area contributed by atoms with E-state index in [0.29, 0.717) is 17.8 Å². The Hall–Kier alpha value is -2.50. The number of rotatable bonds is 8. The molecule has 10 nitrogen and oxygen atoms in total. The van der Waals surface area contributed by atoms with Crippen molar-refractivity contribution < 1.29 is 43.9 Å². The molecule has 1 aliphatic heterocycles. The molecule has 260 valence electrons. The molecule has 4 aliphatic carbocycles. The van der Waals surface area contributed by atoms with Gasteiger partial charge in [0, 0.05) is 18.4 Å². The number of carbonyl (C=O) groups excluding carboxylic acids is 2. The van der Waals surface area contributed by atoms with E-state index < -0.39 is 37.3 Å². The zero-order valence-electron chi connectivity index (χ0n) is 28.6. The Kier molecular flexibility index (Phi) is 9.57. The van der Waals surface area contributed by atoms with Gasteiger partial charge in [-0.25, -0.2) is 0 Å². The van der Waals surface area contributed by atoms with Gasteiger partial charge in [-0.3, -0.25) is 9.59 Å². The zero-order chi connectivity index (χ0) is 33.8. The number of fused-ring (bicyclic) bond motifs is 5. The molecule has 1 aromatic carbocycles. The van der Waals surface area contributed by atoms with Gasteiger partial charge in [0.25, 0.3) is 0 Å². The molecule has 13 atom stereocenters. The molecule has 0 spiro atoms. The lowest BCUT2D eigenvalue weighted by molar-refractivity contribution is -0.284. The fraction of sp³-hybridized carbons (Fsp3) is 0.730. The number of hydrogen-bond donors (Lipinski definition) is 4. The van der Waals surface area contributed by atoms with Crippen LogP contribution < -0.4 is 14.8 Å². The van der Waals surface area contributed by atoms with Gasteiger partial charge < -0.3 is 39.6 Å². The highest BCUT2D eigenvalue weighted by molar-refractivity contribution is 5.81. The Morgan fingerprint density at radius 3 is 2.47 bits per heavy atom. The lowest BCUT2D eigenvalue weighted by atomic mass is 9.47. The predicted octanol–water partition coefficient (Wildman–Crippen LogP) is 3.89. The predicted molar refractivity (Wildman–Crippen MR) is 174 cm³/mol. The number of carbonyl (C=O) groups is 2. The average Bonchev–Trinajstić information content (AvgIpc) is 3.37. The summed E-state index contributed by atoms with van der Waals surface area (Å²) in [6, 6.07) is 4.98. The Morgan fingerprint density at radius 1 is 1.04 bits per heavy atom. The van der Waals surface area contributed by atoms with Gasteiger partial charge in [-0.05, 0) is 105 Å². The Bertz CT molecular complexity index is 1380. The quantitative estimate of drug-likeness (QED) is 0.307. The average molecular weight is 656 g/mol. The molecule has 1 amide bonds. The van der Waals surface area contributed by atoms with Gasteiger partial charge in [0.2, 0.25) is 5.91 Å². The van der Waals surface area contributed by atoms with Gasteiger partial charge in [0.1, 0.15) is 41.6 Å². The number of Topliss-reactive ketones (excluding diaryl/α,β-unsaturated/α-hetero) is 1. The number of aliphatic hydroxyl groups excluding tert-OH is 3. The fourth-order valence-corrected chi connectivity index (χ4v) is 10.8. The number of aliphatic hydroxyl groups is 3. The molecule has 4 N–H and O–H groups in total. The van der Waals surface area contributed by atoms with E-state index >= 15 is 0 Å². The summed E-state index contributed by atoms with van der Waals surface area (Å²) in [4.78, 5) is 25.4. The maximum atomic E-state index is 13.5. The smallest absolute Gasteiger partial charge is 0.217 e. The van der Waals surface area contributed by atoms with Crippen LogP contribution in [-0.2, 0) is 19.1 Å². The van der Waals surface area contributed by atoms with Gasteiger partial charge in [-0.2, -0.15) is 0 Å². The monoisotopic (exact) mass is 655 g/mol. The second-order valence-electron chi connectivity index (χ2n) is 15.3. The first-order valence-electron chi connectivity index (χ1n) is 17.3. The van der Waals surface area contributed by atoms with E-state index in [0.717, 1.165) is 62.0 Å². The topological polar surface area (TPSA) is 144 Å². The van der Waals surface area contributed by atoms with Crippen molar-refractivity contribution in [3.05, 3.63) is 35.4 Å². The number of ketones is 1. The van der Waals surface area contributed by atoms with Crippen molar-refractivity contribution in [3.8, 4) is 11.5 Å². The summed E-state index contributed by atoms with van der Waals surface area (Å²) in [5.41, 5.74) is 2.37. The first kappa shape index (κ1) is 34.4. The van der Waals surface area contributed by atoms with Gasteiger partial charge in [0.05, 0.1) is 26.9 Å². The molecule has 4 fully saturated rings. The summed E-state index contributed by atoms with van der Waals surface area (Å²) < 4.78 is 23.7. The molecule has 0 aromatic heterocycles. The molecule has 0 radical (unpaired) electrons. The van der Waals surface area contributed by atoms with E-state index in [9.17, 15) is 24.9 Å². The van der Waals surface area contributed by atoms with Crippen LogP contribution in [-0.4, -0.2) is 84.6 Å². The van der Waals surface area contributed by atoms with Crippen molar-refractivity contribution >= 4 is 11.7 Å². The number of allylic oxidation sites excluding steroid dienone is 1. The third kappa shape index (κ3) is 5.82. The Labute approximate surface area is 278 Å². The molecule has 3 saturated carbocycles. The van der Waals surface area contributed by atoms with Gasteiger partial charge >= 0.3 is 0 Å². The number of ether oxygens (including phenoxy) is 4. The van der Waals surface area contributed by atoms with E-state index in [1.54, 1.807) is 21.1 Å². The van der Waals surface area contributed by atoms with Crippen molar-refractivity contribution in [1.82, 2.24) is 5.32 Å². The first-order valence-corrected chi connectivity index (χ1v) is 17.3. The van der Waals surface area contributed by atoms with Crippen LogP contribution in [0.15, 0.2) is 29.8 Å². The minimum atomic E-state index is -1.34. The normalized spacial score (nSPS) is 42.7. The van der Waals surface area contributed by atoms with E-state index in [1.165, 1.54) is 12.5 Å². The lowest BCUT2D eigenvalue weighted by Crippen LogP contribution is -2.65. The van der Waals surface area contributed by atoms with Crippen molar-refractivity contribution in [2.45, 2.75) is 115 Å². The number of methoxy groups -OCH3 is 2. The summed E-state index contributed by atoms with van der Waals surface area (Å²) in [6.45, 7) is 7.41. The molecule has 0 bridgehead atoms. The van der Waals surface area contributed by atoms with E-state index in [1.807, 2.05) is 12.1 Å². The summed E-state index contributed by atoms with van der Waals surface area (Å²) in [6.07, 6.45) is 3.97. The fourth-order valence-electron chi connectivity index (χ4n) is 10.8. The highest BCUT2D eigenvalue weighted by Gasteiger charge is 2.62. The minimum absolute atomic E-state index is 0.00930. The lowest BCUT2D eigenvalue weighted by Gasteiger charge is -2.58. The molecular weight excluding hydrogens is 602 g/mol. The molecule has 1 saturated heterocycles. The van der Waals surface area contributed by atoms with Crippen LogP contribution in [0.2, 0.25) is 0 Å². The minimum Gasteiger partial charge on any atom is -0.497 e. The van der Waals surface area contributed by atoms with Gasteiger partial charge in [-0.15, -0.1) is 0 Å². The summed E-state index contributed by atoms with van der Waals surface area (Å²) in [5.74, 6) is 2.82. The van der Waals surface area contributed by atoms with Crippen molar-refractivity contribution in [3.63, 3.8) is 0 Å². The van der Waals surface area contributed by atoms with Crippen molar-refractivity contribution in [2.75, 3.05) is 20.8 Å². The van der Waals surface area contributed by atoms with Crippen molar-refractivity contribution in [2.24, 2.45) is 34.5 Å². The standard InChI is InChI=1S/C37H53NO9/c1-19(40)31-26(25-16-22(44-5)8-10-29(25)45-6)17-28-24-9-7-21-15-23(11-13-36(21,3)27(24)12-14-37(28,31)4)46-35-32(38-20(2)41)34(43)33(42)30(18-39)47-35/h7-8,10,16,23-24,26-28,30-35,39,42-43H,9,11-15,17-18H2,1-6H3,(H,38,41)/t23?,24?,26?,27?,28?,30-,31?,32-,33+,34-,35?,36?,37?/m1/s1. The van der Waals surface area contributed by atoms with Gasteiger partial charge in [-0.1, -0.05) is 25.5 Å². The molecule has 9 unspecified atom stereocenters. The number of nitrogens with one attached hydrogen (secondary N) is 1. The van der Waals surface area contributed by atoms with Crippen LogP contribution in [0.5, 0.6) is 11.5 Å². The van der Waals surface area contributed by atoms with E-state index in [2.05, 4.69) is 31.3 Å². The largest absolute Gasteiger partial charge is 0.497 e. The molecular formula is C37H53NO9. The highest BCUT2D eigenvalue weighted by Crippen LogP contribution is 2.69. The second-order valence-corrected chi connectivity index (χ2v) is 15.3. The van der Waals surface area contributed by atoms with Crippen LogP contribution in [0.4, 0.5) is 0 Å². The molecule has 5 aliphatic rings. The highest BCUT2D eigenvalue weighted by atomic mass is 16.7. The van der Waals surface area contributed by atoms with Crippen LogP contribution in [0.3, 0.4) is 0 Å². The van der Waals surface area contributed by atoms with E-state index in [-0.39, 0.29) is 40.5 Å². The molecule has 1 heterocycles. The molecule has 6 rings (SSSR count). The Morgan fingerprint density at radius 2 is 1.81 bits per heavy atom. The number of benzene rings is 1. The second kappa shape index (κ2) is 13.1. The van der Waals surface area contributed by atoms with Crippen LogP contribution in [0.25, 0.3) is 0 Å². The van der Waals surface area contributed by atoms with E-state index in [4.69, 9.17) is 18.9 Å². The zero-order valence-corrected chi connectivity index (χ0v) is 28.6. The van der Waals surface area contributed by atoms with Crippen LogP contribution in [0, 0.1) is 34.5 Å². The number of amides is 1. The maximum Gasteiger partial charge on any atom is 0.217 e. The van der Waals surface area contributed by atoms with Crippen LogP contribution >= 0.6 is 0 Å². The third-order valence-electron chi connectivity index (χ3n) is 13.0. The summed E-state index contributed by atoms with van der Waals surface area (Å²) in [5, 5.41) is 33.6.